The molecule has 0 amide bonds. The summed E-state index contributed by atoms with van der Waals surface area (Å²) in [7, 11) is 0. The van der Waals surface area contributed by atoms with Gasteiger partial charge in [-0.1, -0.05) is 107 Å². The lowest BCUT2D eigenvalue weighted by atomic mass is 9.95. The molecule has 0 aliphatic heterocycles. The molecular weight excluding hydrogens is 514 g/mol. The topological polar surface area (TPSA) is 4.93 Å². The Hall–Kier alpha value is -4.14. The SMILES string of the molecule is C/C=C/n1c2ccc(-c3cccc(-c4ccc(Br)cc4)c3)cc2c2c3ccccc3c3ccccc3c21. The van der Waals surface area contributed by atoms with Crippen LogP contribution in [0.25, 0.3) is 71.8 Å². The van der Waals surface area contributed by atoms with Crippen LogP contribution in [0.3, 0.4) is 0 Å². The number of benzene rings is 6. The molecule has 7 aromatic rings. The summed E-state index contributed by atoms with van der Waals surface area (Å²) in [5.41, 5.74) is 7.37. The number of aromatic nitrogens is 1. The molecule has 0 saturated carbocycles. The van der Waals surface area contributed by atoms with Crippen LogP contribution in [-0.4, -0.2) is 4.57 Å². The molecule has 0 bridgehead atoms. The molecule has 0 spiro atoms. The number of fused-ring (bicyclic) bond motifs is 8. The van der Waals surface area contributed by atoms with Gasteiger partial charge in [-0.3, -0.25) is 0 Å². The monoisotopic (exact) mass is 537 g/mol. The van der Waals surface area contributed by atoms with Crippen LogP contribution < -0.4 is 0 Å². The zero-order valence-electron chi connectivity index (χ0n) is 20.4. The molecule has 0 atom stereocenters. The van der Waals surface area contributed by atoms with Crippen molar-refractivity contribution in [2.45, 2.75) is 6.92 Å². The molecule has 2 heteroatoms. The Morgan fingerprint density at radius 1 is 0.541 bits per heavy atom. The van der Waals surface area contributed by atoms with E-state index < -0.39 is 0 Å². The molecular formula is C35H24BrN. The molecule has 1 nitrogen and oxygen atoms in total. The Balaban J connectivity index is 1.55. The quantitative estimate of drug-likeness (QED) is 0.197. The largest absolute Gasteiger partial charge is 0.316 e. The van der Waals surface area contributed by atoms with Gasteiger partial charge < -0.3 is 4.57 Å². The van der Waals surface area contributed by atoms with Crippen LogP contribution >= 0.6 is 15.9 Å². The second-order valence-electron chi connectivity index (χ2n) is 9.49. The van der Waals surface area contributed by atoms with E-state index in [1.807, 2.05) is 0 Å². The highest BCUT2D eigenvalue weighted by Gasteiger charge is 2.17. The third-order valence-electron chi connectivity index (χ3n) is 7.34. The first kappa shape index (κ1) is 22.1. The van der Waals surface area contributed by atoms with Crippen LogP contribution in [0.1, 0.15) is 6.92 Å². The van der Waals surface area contributed by atoms with Crippen LogP contribution in [0.4, 0.5) is 0 Å². The molecule has 176 valence electrons. The predicted molar refractivity (Wildman–Crippen MR) is 164 cm³/mol. The molecule has 0 aliphatic carbocycles. The first-order valence-electron chi connectivity index (χ1n) is 12.6. The number of rotatable bonds is 3. The van der Waals surface area contributed by atoms with Gasteiger partial charge in [0, 0.05) is 26.8 Å². The van der Waals surface area contributed by atoms with Crippen LogP contribution in [0.2, 0.25) is 0 Å². The summed E-state index contributed by atoms with van der Waals surface area (Å²) in [5, 5.41) is 7.76. The first-order chi connectivity index (χ1) is 18.2. The van der Waals surface area contributed by atoms with E-state index in [2.05, 4.69) is 155 Å². The minimum atomic E-state index is 1.09. The Morgan fingerprint density at radius 2 is 1.14 bits per heavy atom. The standard InChI is InChI=1S/C35H24BrN/c1-2-20-37-33-19-16-26(25-9-7-8-24(21-25)23-14-17-27(36)18-15-23)22-32(33)34-30-12-5-3-10-28(30)29-11-4-6-13-31(29)35(34)37/h2-22H,1H3/b20-2+. The predicted octanol–water partition coefficient (Wildman–Crippen LogP) is 10.7. The lowest BCUT2D eigenvalue weighted by Crippen LogP contribution is -1.88. The van der Waals surface area contributed by atoms with E-state index in [4.69, 9.17) is 0 Å². The average Bonchev–Trinajstić information content (AvgIpc) is 3.28. The molecule has 6 aromatic carbocycles. The molecule has 0 radical (unpaired) electrons. The second-order valence-corrected chi connectivity index (χ2v) is 10.4. The molecule has 7 rings (SSSR count). The Kier molecular flexibility index (Phi) is 5.23. The molecule has 0 aliphatic rings. The van der Waals surface area contributed by atoms with Gasteiger partial charge in [-0.25, -0.2) is 0 Å². The van der Waals surface area contributed by atoms with Crippen molar-refractivity contribution in [3.63, 3.8) is 0 Å². The van der Waals surface area contributed by atoms with Crippen LogP contribution in [0, 0.1) is 0 Å². The van der Waals surface area contributed by atoms with Crippen molar-refractivity contribution >= 4 is 65.5 Å². The van der Waals surface area contributed by atoms with Gasteiger partial charge in [-0.2, -0.15) is 0 Å². The van der Waals surface area contributed by atoms with Gasteiger partial charge in [0.05, 0.1) is 11.0 Å². The van der Waals surface area contributed by atoms with Crippen molar-refractivity contribution in [1.29, 1.82) is 0 Å². The summed E-state index contributed by atoms with van der Waals surface area (Å²) >= 11 is 3.55. The smallest absolute Gasteiger partial charge is 0.0619 e. The van der Waals surface area contributed by atoms with Crippen molar-refractivity contribution in [2.24, 2.45) is 0 Å². The number of nitrogens with zero attached hydrogens (tertiary/aromatic N) is 1. The molecule has 1 heterocycles. The summed E-state index contributed by atoms with van der Waals surface area (Å²) in [6.45, 7) is 2.09. The van der Waals surface area contributed by atoms with Gasteiger partial charge in [-0.15, -0.1) is 0 Å². The van der Waals surface area contributed by atoms with E-state index in [1.165, 1.54) is 65.6 Å². The maximum absolute atomic E-state index is 3.55. The maximum Gasteiger partial charge on any atom is 0.0619 e. The lowest BCUT2D eigenvalue weighted by Gasteiger charge is -2.09. The van der Waals surface area contributed by atoms with Crippen LogP contribution in [0.5, 0.6) is 0 Å². The normalized spacial score (nSPS) is 11.9. The summed E-state index contributed by atoms with van der Waals surface area (Å²) in [4.78, 5) is 0. The van der Waals surface area contributed by atoms with E-state index >= 15 is 0 Å². The van der Waals surface area contributed by atoms with Crippen molar-refractivity contribution in [1.82, 2.24) is 4.57 Å². The Bertz CT molecular complexity index is 1990. The molecule has 0 N–H and O–H groups in total. The molecule has 0 fully saturated rings. The fourth-order valence-electron chi connectivity index (χ4n) is 5.72. The third-order valence-corrected chi connectivity index (χ3v) is 7.87. The van der Waals surface area contributed by atoms with Crippen molar-refractivity contribution in [2.75, 3.05) is 0 Å². The Labute approximate surface area is 224 Å². The highest BCUT2D eigenvalue weighted by atomic mass is 79.9. The maximum atomic E-state index is 3.55. The highest BCUT2D eigenvalue weighted by Crippen LogP contribution is 2.42. The summed E-state index contributed by atoms with van der Waals surface area (Å²) in [6, 6.07) is 41.9. The lowest BCUT2D eigenvalue weighted by molar-refractivity contribution is 1.29. The third kappa shape index (κ3) is 3.52. The van der Waals surface area contributed by atoms with Crippen LogP contribution in [-0.2, 0) is 0 Å². The number of allylic oxidation sites excluding steroid dienone is 1. The minimum absolute atomic E-state index is 1.09. The van der Waals surface area contributed by atoms with Gasteiger partial charge in [-0.05, 0) is 75.7 Å². The van der Waals surface area contributed by atoms with Gasteiger partial charge in [0.25, 0.3) is 0 Å². The Morgan fingerprint density at radius 3 is 1.86 bits per heavy atom. The van der Waals surface area contributed by atoms with E-state index in [1.54, 1.807) is 0 Å². The van der Waals surface area contributed by atoms with E-state index in [0.29, 0.717) is 0 Å². The number of hydrogen-bond acceptors (Lipinski definition) is 0. The first-order valence-corrected chi connectivity index (χ1v) is 13.4. The van der Waals surface area contributed by atoms with Gasteiger partial charge in [0.15, 0.2) is 0 Å². The molecule has 0 unspecified atom stereocenters. The second kappa shape index (κ2) is 8.76. The fraction of sp³-hybridized carbons (Fsp3) is 0.0286. The van der Waals surface area contributed by atoms with Gasteiger partial charge >= 0.3 is 0 Å². The molecule has 0 saturated heterocycles. The average molecular weight is 538 g/mol. The summed E-state index contributed by atoms with van der Waals surface area (Å²) in [5.74, 6) is 0. The van der Waals surface area contributed by atoms with Gasteiger partial charge in [0.1, 0.15) is 0 Å². The minimum Gasteiger partial charge on any atom is -0.316 e. The highest BCUT2D eigenvalue weighted by molar-refractivity contribution is 9.10. The summed E-state index contributed by atoms with van der Waals surface area (Å²) < 4.78 is 3.46. The van der Waals surface area contributed by atoms with Crippen molar-refractivity contribution < 1.29 is 0 Å². The van der Waals surface area contributed by atoms with Crippen molar-refractivity contribution in [3.8, 4) is 22.3 Å². The van der Waals surface area contributed by atoms with E-state index in [9.17, 15) is 0 Å². The van der Waals surface area contributed by atoms with Crippen LogP contribution in [0.15, 0.2) is 126 Å². The van der Waals surface area contributed by atoms with Crippen molar-refractivity contribution in [3.05, 3.63) is 126 Å². The van der Waals surface area contributed by atoms with E-state index in [0.717, 1.165) is 4.47 Å². The number of hydrogen-bond donors (Lipinski definition) is 0. The zero-order valence-corrected chi connectivity index (χ0v) is 22.0. The number of halogens is 1. The molecule has 37 heavy (non-hydrogen) atoms. The van der Waals surface area contributed by atoms with E-state index in [-0.39, 0.29) is 0 Å². The van der Waals surface area contributed by atoms with Gasteiger partial charge in [0.2, 0.25) is 0 Å². The molecule has 1 aromatic heterocycles. The zero-order chi connectivity index (χ0) is 24.9. The fourth-order valence-corrected chi connectivity index (χ4v) is 5.98. The summed E-state index contributed by atoms with van der Waals surface area (Å²) in [6.07, 6.45) is 4.32.